The summed E-state index contributed by atoms with van der Waals surface area (Å²) in [6.45, 7) is 4.93. The number of nitrogens with one attached hydrogen (secondary N) is 1. The lowest BCUT2D eigenvalue weighted by atomic mass is 9.84. The highest BCUT2D eigenvalue weighted by atomic mass is 16.5. The number of aromatic nitrogens is 2. The van der Waals surface area contributed by atoms with Gasteiger partial charge in [0.15, 0.2) is 0 Å². The Bertz CT molecular complexity index is 649. The van der Waals surface area contributed by atoms with Crippen molar-refractivity contribution in [2.24, 2.45) is 5.92 Å². The van der Waals surface area contributed by atoms with Gasteiger partial charge in [-0.15, -0.1) is 0 Å². The number of hydrogen-bond donors (Lipinski definition) is 1. The number of amides is 3. The second-order valence-corrected chi connectivity index (χ2v) is 7.00. The Labute approximate surface area is 147 Å². The summed E-state index contributed by atoms with van der Waals surface area (Å²) in [7, 11) is 0. The number of rotatable bonds is 3. The first kappa shape index (κ1) is 16.4. The van der Waals surface area contributed by atoms with Crippen molar-refractivity contribution in [3.63, 3.8) is 0 Å². The van der Waals surface area contributed by atoms with Gasteiger partial charge in [-0.1, -0.05) is 6.42 Å². The first-order chi connectivity index (χ1) is 12.2. The summed E-state index contributed by atoms with van der Waals surface area (Å²) in [5.74, 6) is 0.530. The van der Waals surface area contributed by atoms with Gasteiger partial charge in [-0.3, -0.25) is 9.48 Å². The highest BCUT2D eigenvalue weighted by Crippen LogP contribution is 2.29. The van der Waals surface area contributed by atoms with Gasteiger partial charge in [0.05, 0.1) is 44.2 Å². The summed E-state index contributed by atoms with van der Waals surface area (Å²) in [6.07, 6.45) is 3.25. The second-order valence-electron chi connectivity index (χ2n) is 7.00. The zero-order valence-corrected chi connectivity index (χ0v) is 14.4. The van der Waals surface area contributed by atoms with E-state index >= 15 is 0 Å². The lowest BCUT2D eigenvalue weighted by Crippen LogP contribution is -2.45. The molecule has 0 bridgehead atoms. The maximum Gasteiger partial charge on any atom is 0.317 e. The van der Waals surface area contributed by atoms with Gasteiger partial charge in [0, 0.05) is 25.6 Å². The predicted octanol–water partition coefficient (Wildman–Crippen LogP) is 0.567. The Morgan fingerprint density at radius 3 is 2.68 bits per heavy atom. The minimum absolute atomic E-state index is 0.0731. The molecule has 0 aromatic carbocycles. The number of hydrogen-bond acceptors (Lipinski definition) is 4. The van der Waals surface area contributed by atoms with E-state index in [9.17, 15) is 9.59 Å². The molecule has 1 saturated carbocycles. The lowest BCUT2D eigenvalue weighted by molar-refractivity contribution is -0.139. The SMILES string of the molecule is O=C(NCc1cc2n(n1)CCN(C(=O)C1CCC1)C2)N1CCOCC1. The summed E-state index contributed by atoms with van der Waals surface area (Å²) in [4.78, 5) is 28.3. The molecule has 3 heterocycles. The normalized spacial score (nSPS) is 20.8. The van der Waals surface area contributed by atoms with Gasteiger partial charge in [-0.2, -0.15) is 5.10 Å². The maximum absolute atomic E-state index is 12.4. The number of morpholine rings is 1. The standard InChI is InChI=1S/C17H25N5O3/c23-16(13-2-1-3-13)21-4-5-22-15(12-21)10-14(19-22)11-18-17(24)20-6-8-25-9-7-20/h10,13H,1-9,11-12H2,(H,18,24). The fourth-order valence-corrected chi connectivity index (χ4v) is 3.56. The first-order valence-electron chi connectivity index (χ1n) is 9.15. The molecule has 1 aromatic heterocycles. The van der Waals surface area contributed by atoms with Crippen LogP contribution in [0.5, 0.6) is 0 Å². The van der Waals surface area contributed by atoms with Crippen LogP contribution in [-0.4, -0.2) is 64.4 Å². The summed E-state index contributed by atoms with van der Waals surface area (Å²) in [5, 5.41) is 7.48. The van der Waals surface area contributed by atoms with Crippen LogP contribution >= 0.6 is 0 Å². The summed E-state index contributed by atoms with van der Waals surface area (Å²) >= 11 is 0. The van der Waals surface area contributed by atoms with E-state index < -0.39 is 0 Å². The number of carbonyl (C=O) groups excluding carboxylic acids is 2. The smallest absolute Gasteiger partial charge is 0.317 e. The van der Waals surface area contributed by atoms with E-state index in [4.69, 9.17) is 4.74 Å². The van der Waals surface area contributed by atoms with Gasteiger partial charge in [0.2, 0.25) is 5.91 Å². The molecule has 3 amide bonds. The number of ether oxygens (including phenoxy) is 1. The fourth-order valence-electron chi connectivity index (χ4n) is 3.56. The molecule has 25 heavy (non-hydrogen) atoms. The van der Waals surface area contributed by atoms with Crippen molar-refractivity contribution in [3.05, 3.63) is 17.5 Å². The zero-order valence-electron chi connectivity index (χ0n) is 14.4. The van der Waals surface area contributed by atoms with E-state index in [0.29, 0.717) is 45.3 Å². The molecular formula is C17H25N5O3. The summed E-state index contributed by atoms with van der Waals surface area (Å²) in [5.41, 5.74) is 1.89. The van der Waals surface area contributed by atoms with Crippen molar-refractivity contribution < 1.29 is 14.3 Å². The summed E-state index contributed by atoms with van der Waals surface area (Å²) in [6, 6.07) is 1.93. The Hall–Kier alpha value is -2.09. The van der Waals surface area contributed by atoms with Crippen LogP contribution in [0.4, 0.5) is 4.79 Å². The van der Waals surface area contributed by atoms with Gasteiger partial charge in [0.1, 0.15) is 0 Å². The van der Waals surface area contributed by atoms with Crippen LogP contribution in [0.15, 0.2) is 6.07 Å². The molecule has 0 atom stereocenters. The monoisotopic (exact) mass is 347 g/mol. The van der Waals surface area contributed by atoms with Crippen LogP contribution < -0.4 is 5.32 Å². The molecule has 0 radical (unpaired) electrons. The number of urea groups is 1. The molecular weight excluding hydrogens is 322 g/mol. The molecule has 2 aliphatic heterocycles. The molecule has 3 aliphatic rings. The van der Waals surface area contributed by atoms with Crippen molar-refractivity contribution in [2.75, 3.05) is 32.8 Å². The van der Waals surface area contributed by atoms with Crippen LogP contribution in [0.1, 0.15) is 30.7 Å². The van der Waals surface area contributed by atoms with Gasteiger partial charge >= 0.3 is 6.03 Å². The molecule has 4 rings (SSSR count). The molecule has 2 fully saturated rings. The quantitative estimate of drug-likeness (QED) is 0.867. The number of carbonyl (C=O) groups is 2. The third-order valence-corrected chi connectivity index (χ3v) is 5.33. The average Bonchev–Trinajstić information content (AvgIpc) is 3.01. The van der Waals surface area contributed by atoms with Crippen LogP contribution in [-0.2, 0) is 29.2 Å². The minimum atomic E-state index is -0.0731. The van der Waals surface area contributed by atoms with Crippen LogP contribution in [0.25, 0.3) is 0 Å². The van der Waals surface area contributed by atoms with Gasteiger partial charge in [0.25, 0.3) is 0 Å². The average molecular weight is 347 g/mol. The van der Waals surface area contributed by atoms with Crippen molar-refractivity contribution >= 4 is 11.9 Å². The van der Waals surface area contributed by atoms with Crippen molar-refractivity contribution in [3.8, 4) is 0 Å². The van der Waals surface area contributed by atoms with Gasteiger partial charge in [-0.25, -0.2) is 4.79 Å². The topological polar surface area (TPSA) is 79.7 Å². The zero-order chi connectivity index (χ0) is 17.2. The lowest BCUT2D eigenvalue weighted by Gasteiger charge is -2.34. The highest BCUT2D eigenvalue weighted by Gasteiger charge is 2.31. The van der Waals surface area contributed by atoms with Crippen LogP contribution in [0.2, 0.25) is 0 Å². The maximum atomic E-state index is 12.4. The minimum Gasteiger partial charge on any atom is -0.378 e. The first-order valence-corrected chi connectivity index (χ1v) is 9.15. The highest BCUT2D eigenvalue weighted by molar-refractivity contribution is 5.79. The molecule has 1 saturated heterocycles. The van der Waals surface area contributed by atoms with Crippen molar-refractivity contribution in [1.29, 1.82) is 0 Å². The molecule has 1 aromatic rings. The number of fused-ring (bicyclic) bond motifs is 1. The van der Waals surface area contributed by atoms with Gasteiger partial charge < -0.3 is 19.9 Å². The van der Waals surface area contributed by atoms with E-state index in [2.05, 4.69) is 10.4 Å². The molecule has 1 aliphatic carbocycles. The Morgan fingerprint density at radius 2 is 1.96 bits per heavy atom. The summed E-state index contributed by atoms with van der Waals surface area (Å²) < 4.78 is 7.22. The molecule has 8 nitrogen and oxygen atoms in total. The van der Waals surface area contributed by atoms with Crippen molar-refractivity contribution in [1.82, 2.24) is 24.9 Å². The van der Waals surface area contributed by atoms with Crippen LogP contribution in [0, 0.1) is 5.92 Å². The largest absolute Gasteiger partial charge is 0.378 e. The Kier molecular flexibility index (Phi) is 4.61. The molecule has 0 unspecified atom stereocenters. The van der Waals surface area contributed by atoms with Crippen molar-refractivity contribution in [2.45, 2.75) is 38.9 Å². The molecule has 136 valence electrons. The molecule has 8 heteroatoms. The predicted molar refractivity (Wildman–Crippen MR) is 89.6 cm³/mol. The third kappa shape index (κ3) is 3.49. The number of nitrogens with zero attached hydrogens (tertiary/aromatic N) is 4. The fraction of sp³-hybridized carbons (Fsp3) is 0.706. The van der Waals surface area contributed by atoms with E-state index in [1.165, 1.54) is 6.42 Å². The van der Waals surface area contributed by atoms with E-state index in [0.717, 1.165) is 37.3 Å². The third-order valence-electron chi connectivity index (χ3n) is 5.33. The second kappa shape index (κ2) is 7.03. The van der Waals surface area contributed by atoms with E-state index in [1.54, 1.807) is 4.90 Å². The Morgan fingerprint density at radius 1 is 1.16 bits per heavy atom. The molecule has 1 N–H and O–H groups in total. The van der Waals surface area contributed by atoms with Crippen LogP contribution in [0.3, 0.4) is 0 Å². The van der Waals surface area contributed by atoms with Gasteiger partial charge in [-0.05, 0) is 18.9 Å². The molecule has 0 spiro atoms. The Balaban J connectivity index is 1.32. The van der Waals surface area contributed by atoms with E-state index in [1.807, 2.05) is 15.6 Å². The van der Waals surface area contributed by atoms with E-state index in [-0.39, 0.29) is 11.9 Å².